The molecule has 110 valence electrons. The molecule has 0 unspecified atom stereocenters. The lowest BCUT2D eigenvalue weighted by molar-refractivity contribution is 0.0962. The summed E-state index contributed by atoms with van der Waals surface area (Å²) in [7, 11) is 0. The summed E-state index contributed by atoms with van der Waals surface area (Å²) in [6, 6.07) is 3.19. The Kier molecular flexibility index (Phi) is 3.60. The molecule has 3 heterocycles. The Morgan fingerprint density at radius 1 is 1.14 bits per heavy atom. The number of nitrogens with two attached hydrogens (primary N) is 1. The van der Waals surface area contributed by atoms with Crippen molar-refractivity contribution in [1.29, 1.82) is 0 Å². The highest BCUT2D eigenvalue weighted by Gasteiger charge is 2.11. The van der Waals surface area contributed by atoms with E-state index in [4.69, 9.17) is 5.73 Å². The highest BCUT2D eigenvalue weighted by Crippen LogP contribution is 2.20. The zero-order valence-electron chi connectivity index (χ0n) is 11.3. The molecule has 0 atom stereocenters. The molecule has 0 saturated heterocycles. The molecule has 22 heavy (non-hydrogen) atoms. The molecule has 1 amide bonds. The third-order valence-electron chi connectivity index (χ3n) is 2.85. The smallest absolute Gasteiger partial charge is 0.269 e. The van der Waals surface area contributed by atoms with Gasteiger partial charge in [-0.1, -0.05) is 0 Å². The summed E-state index contributed by atoms with van der Waals surface area (Å²) in [5, 5.41) is 0. The summed E-state index contributed by atoms with van der Waals surface area (Å²) in [4.78, 5) is 27.8. The van der Waals surface area contributed by atoms with Crippen LogP contribution >= 0.6 is 0 Å². The van der Waals surface area contributed by atoms with Crippen LogP contribution in [0.5, 0.6) is 0 Å². The van der Waals surface area contributed by atoms with E-state index in [0.717, 1.165) is 0 Å². The van der Waals surface area contributed by atoms with E-state index in [9.17, 15) is 4.79 Å². The van der Waals surface area contributed by atoms with Crippen molar-refractivity contribution >= 4 is 17.4 Å². The number of anilines is 2. The quantitative estimate of drug-likeness (QED) is 0.595. The molecule has 0 aromatic carbocycles. The summed E-state index contributed by atoms with van der Waals surface area (Å²) in [6.07, 6.45) is 9.29. The minimum Gasteiger partial charge on any atom is -0.393 e. The van der Waals surface area contributed by atoms with Crippen LogP contribution in [0.25, 0.3) is 5.82 Å². The van der Waals surface area contributed by atoms with Gasteiger partial charge in [0.05, 0.1) is 0 Å². The van der Waals surface area contributed by atoms with Gasteiger partial charge in [-0.05, 0) is 12.1 Å². The van der Waals surface area contributed by atoms with Crippen molar-refractivity contribution in [2.75, 3.05) is 11.2 Å². The molecule has 0 fully saturated rings. The van der Waals surface area contributed by atoms with E-state index in [0.29, 0.717) is 17.2 Å². The monoisotopic (exact) mass is 296 g/mol. The number of hydrogen-bond donors (Lipinski definition) is 3. The van der Waals surface area contributed by atoms with E-state index in [-0.39, 0.29) is 11.6 Å². The van der Waals surface area contributed by atoms with E-state index in [1.807, 2.05) is 0 Å². The average Bonchev–Trinajstić information content (AvgIpc) is 3.08. The van der Waals surface area contributed by atoms with E-state index < -0.39 is 0 Å². The Hall–Kier alpha value is -3.49. The molecule has 3 aromatic heterocycles. The first-order chi connectivity index (χ1) is 10.8. The molecule has 9 heteroatoms. The number of hydrazine groups is 1. The fourth-order valence-electron chi connectivity index (χ4n) is 1.77. The van der Waals surface area contributed by atoms with Crippen LogP contribution in [0.2, 0.25) is 0 Å². The van der Waals surface area contributed by atoms with Crippen molar-refractivity contribution in [3.05, 3.63) is 55.1 Å². The first-order valence-electron chi connectivity index (χ1n) is 6.31. The average molecular weight is 296 g/mol. The van der Waals surface area contributed by atoms with Gasteiger partial charge in [0.1, 0.15) is 18.3 Å². The van der Waals surface area contributed by atoms with Gasteiger partial charge in [0, 0.05) is 30.4 Å². The Balaban J connectivity index is 1.76. The first kappa shape index (κ1) is 13.5. The third kappa shape index (κ3) is 2.68. The Labute approximate surface area is 125 Å². The van der Waals surface area contributed by atoms with Crippen LogP contribution in [0, 0.1) is 0 Å². The van der Waals surface area contributed by atoms with Gasteiger partial charge in [-0.25, -0.2) is 15.0 Å². The second-order valence-electron chi connectivity index (χ2n) is 4.24. The molecule has 0 aliphatic carbocycles. The molecule has 0 bridgehead atoms. The molecule has 3 aromatic rings. The molecule has 9 nitrogen and oxygen atoms in total. The molecule has 0 aliphatic rings. The van der Waals surface area contributed by atoms with Gasteiger partial charge in [0.25, 0.3) is 5.91 Å². The number of rotatable bonds is 4. The maximum absolute atomic E-state index is 11.9. The number of nitrogens with one attached hydrogen (secondary N) is 2. The third-order valence-corrected chi connectivity index (χ3v) is 2.85. The predicted octanol–water partition coefficient (Wildman–Crippen LogP) is 0.396. The van der Waals surface area contributed by atoms with Gasteiger partial charge in [0.2, 0.25) is 0 Å². The number of nitrogens with zero attached hydrogens (tertiary/aromatic N) is 5. The second-order valence-corrected chi connectivity index (χ2v) is 4.24. The summed E-state index contributed by atoms with van der Waals surface area (Å²) >= 11 is 0. The number of imidazole rings is 1. The second kappa shape index (κ2) is 5.87. The minimum atomic E-state index is -0.329. The number of hydrogen-bond acceptors (Lipinski definition) is 7. The SMILES string of the molecule is Nc1c(NNC(=O)c2ccncc2)ncnc1-n1ccnc1. The molecular weight excluding hydrogens is 284 g/mol. The van der Waals surface area contributed by atoms with Gasteiger partial charge in [-0.15, -0.1) is 0 Å². The molecule has 4 N–H and O–H groups in total. The molecule has 3 rings (SSSR count). The van der Waals surface area contributed by atoms with Crippen LogP contribution in [-0.2, 0) is 0 Å². The van der Waals surface area contributed by atoms with Crippen LogP contribution in [-0.4, -0.2) is 30.4 Å². The van der Waals surface area contributed by atoms with Crippen LogP contribution in [0.3, 0.4) is 0 Å². The normalized spacial score (nSPS) is 10.2. The molecular formula is C13H12N8O. The Morgan fingerprint density at radius 3 is 2.68 bits per heavy atom. The van der Waals surface area contributed by atoms with E-state index in [1.54, 1.807) is 35.4 Å². The number of amides is 1. The largest absolute Gasteiger partial charge is 0.393 e. The van der Waals surface area contributed by atoms with Crippen LogP contribution in [0.15, 0.2) is 49.6 Å². The standard InChI is InChI=1S/C13H12N8O/c14-10-11(17-7-18-12(10)21-6-5-16-8-21)19-20-13(22)9-1-3-15-4-2-9/h1-8H,14H2,(H,20,22)(H,17,18,19). The van der Waals surface area contributed by atoms with E-state index >= 15 is 0 Å². The topological polar surface area (TPSA) is 124 Å². The lowest BCUT2D eigenvalue weighted by Crippen LogP contribution is -2.30. The molecule has 0 radical (unpaired) electrons. The number of carbonyl (C=O) groups excluding carboxylic acids is 1. The number of pyridine rings is 1. The number of carbonyl (C=O) groups is 1. The number of aromatic nitrogens is 5. The van der Waals surface area contributed by atoms with Gasteiger partial charge in [0.15, 0.2) is 11.6 Å². The van der Waals surface area contributed by atoms with Crippen molar-refractivity contribution in [2.24, 2.45) is 0 Å². The van der Waals surface area contributed by atoms with Crippen molar-refractivity contribution in [3.8, 4) is 5.82 Å². The summed E-state index contributed by atoms with van der Waals surface area (Å²) < 4.78 is 1.65. The summed E-state index contributed by atoms with van der Waals surface area (Å²) in [6.45, 7) is 0. The first-order valence-corrected chi connectivity index (χ1v) is 6.31. The highest BCUT2D eigenvalue weighted by atomic mass is 16.2. The fourth-order valence-corrected chi connectivity index (χ4v) is 1.77. The Bertz CT molecular complexity index is 772. The summed E-state index contributed by atoms with van der Waals surface area (Å²) in [5.41, 5.74) is 12.0. The fraction of sp³-hybridized carbons (Fsp3) is 0. The summed E-state index contributed by atoms with van der Waals surface area (Å²) in [5.74, 6) is 0.429. The molecule has 0 aliphatic heterocycles. The maximum atomic E-state index is 11.9. The minimum absolute atomic E-state index is 0.288. The maximum Gasteiger partial charge on any atom is 0.269 e. The lowest BCUT2D eigenvalue weighted by atomic mass is 10.3. The predicted molar refractivity (Wildman–Crippen MR) is 78.9 cm³/mol. The zero-order chi connectivity index (χ0) is 15.4. The highest BCUT2D eigenvalue weighted by molar-refractivity contribution is 5.94. The molecule has 0 spiro atoms. The van der Waals surface area contributed by atoms with Crippen molar-refractivity contribution in [3.63, 3.8) is 0 Å². The van der Waals surface area contributed by atoms with Gasteiger partial charge in [-0.3, -0.25) is 25.2 Å². The van der Waals surface area contributed by atoms with Crippen molar-refractivity contribution in [2.45, 2.75) is 0 Å². The van der Waals surface area contributed by atoms with Crippen LogP contribution in [0.4, 0.5) is 11.5 Å². The molecule has 0 saturated carbocycles. The van der Waals surface area contributed by atoms with Crippen LogP contribution < -0.4 is 16.6 Å². The van der Waals surface area contributed by atoms with E-state index in [2.05, 4.69) is 30.8 Å². The van der Waals surface area contributed by atoms with Gasteiger partial charge < -0.3 is 5.73 Å². The Morgan fingerprint density at radius 2 is 1.95 bits per heavy atom. The van der Waals surface area contributed by atoms with Gasteiger partial charge in [-0.2, -0.15) is 0 Å². The van der Waals surface area contributed by atoms with E-state index in [1.165, 1.54) is 18.7 Å². The van der Waals surface area contributed by atoms with Gasteiger partial charge >= 0.3 is 0 Å². The van der Waals surface area contributed by atoms with Crippen molar-refractivity contribution in [1.82, 2.24) is 29.9 Å². The lowest BCUT2D eigenvalue weighted by Gasteiger charge is -2.12. The zero-order valence-corrected chi connectivity index (χ0v) is 11.3. The van der Waals surface area contributed by atoms with Crippen molar-refractivity contribution < 1.29 is 4.79 Å². The number of nitrogen functional groups attached to an aromatic ring is 1. The van der Waals surface area contributed by atoms with Crippen LogP contribution in [0.1, 0.15) is 10.4 Å².